The number of amides is 2. The second-order valence-corrected chi connectivity index (χ2v) is 4.73. The summed E-state index contributed by atoms with van der Waals surface area (Å²) >= 11 is 0. The fourth-order valence-electron chi connectivity index (χ4n) is 2.00. The van der Waals surface area contributed by atoms with E-state index in [1.165, 1.54) is 12.5 Å². The minimum atomic E-state index is -0.247. The van der Waals surface area contributed by atoms with Crippen molar-refractivity contribution in [3.05, 3.63) is 59.7 Å². The number of hydrogen-bond donors (Lipinski definition) is 2. The SMILES string of the molecule is CCc1ccc(NC(=O)c2ccccc2NC(C)=O)cc1. The van der Waals surface area contributed by atoms with Crippen LogP contribution < -0.4 is 10.6 Å². The van der Waals surface area contributed by atoms with Gasteiger partial charge in [-0.25, -0.2) is 0 Å². The number of carbonyl (C=O) groups excluding carboxylic acids is 2. The smallest absolute Gasteiger partial charge is 0.257 e. The summed E-state index contributed by atoms with van der Waals surface area (Å²) in [4.78, 5) is 23.5. The van der Waals surface area contributed by atoms with E-state index in [9.17, 15) is 9.59 Å². The van der Waals surface area contributed by atoms with Crippen molar-refractivity contribution in [3.63, 3.8) is 0 Å². The molecule has 0 aliphatic heterocycles. The van der Waals surface area contributed by atoms with Gasteiger partial charge >= 0.3 is 0 Å². The highest BCUT2D eigenvalue weighted by Crippen LogP contribution is 2.18. The number of carbonyl (C=O) groups is 2. The molecule has 2 aromatic carbocycles. The van der Waals surface area contributed by atoms with Gasteiger partial charge in [-0.3, -0.25) is 9.59 Å². The Morgan fingerprint density at radius 2 is 1.62 bits per heavy atom. The molecule has 0 aliphatic rings. The number of hydrogen-bond acceptors (Lipinski definition) is 2. The molecule has 0 saturated heterocycles. The average molecular weight is 282 g/mol. The van der Waals surface area contributed by atoms with Crippen LogP contribution in [0.15, 0.2) is 48.5 Å². The van der Waals surface area contributed by atoms with E-state index in [4.69, 9.17) is 0 Å². The Kier molecular flexibility index (Phi) is 4.72. The Morgan fingerprint density at radius 3 is 2.24 bits per heavy atom. The van der Waals surface area contributed by atoms with Gasteiger partial charge in [0.15, 0.2) is 0 Å². The predicted octanol–water partition coefficient (Wildman–Crippen LogP) is 3.46. The molecule has 0 radical (unpaired) electrons. The van der Waals surface area contributed by atoms with Crippen molar-refractivity contribution >= 4 is 23.2 Å². The summed E-state index contributed by atoms with van der Waals surface area (Å²) in [5.74, 6) is -0.453. The van der Waals surface area contributed by atoms with Gasteiger partial charge in [0.1, 0.15) is 0 Å². The van der Waals surface area contributed by atoms with E-state index in [0.29, 0.717) is 11.3 Å². The third kappa shape index (κ3) is 3.92. The fourth-order valence-corrected chi connectivity index (χ4v) is 2.00. The number of rotatable bonds is 4. The molecule has 0 spiro atoms. The van der Waals surface area contributed by atoms with E-state index in [0.717, 1.165) is 12.1 Å². The van der Waals surface area contributed by atoms with E-state index in [2.05, 4.69) is 17.6 Å². The molecule has 0 heterocycles. The number of nitrogens with one attached hydrogen (secondary N) is 2. The van der Waals surface area contributed by atoms with E-state index in [-0.39, 0.29) is 11.8 Å². The molecule has 0 fully saturated rings. The largest absolute Gasteiger partial charge is 0.326 e. The minimum Gasteiger partial charge on any atom is -0.326 e. The van der Waals surface area contributed by atoms with Crippen molar-refractivity contribution in [1.82, 2.24) is 0 Å². The van der Waals surface area contributed by atoms with Crippen LogP contribution in [0.25, 0.3) is 0 Å². The van der Waals surface area contributed by atoms with Crippen molar-refractivity contribution in [2.75, 3.05) is 10.6 Å². The number of anilines is 2. The molecule has 2 rings (SSSR count). The summed E-state index contributed by atoms with van der Waals surface area (Å²) in [5, 5.41) is 5.49. The van der Waals surface area contributed by atoms with Gasteiger partial charge in [-0.05, 0) is 36.2 Å². The van der Waals surface area contributed by atoms with Crippen molar-refractivity contribution in [1.29, 1.82) is 0 Å². The Bertz CT molecular complexity index is 648. The zero-order chi connectivity index (χ0) is 15.2. The van der Waals surface area contributed by atoms with Crippen LogP contribution in [0.3, 0.4) is 0 Å². The zero-order valence-electron chi connectivity index (χ0n) is 12.1. The van der Waals surface area contributed by atoms with Crippen LogP contribution >= 0.6 is 0 Å². The summed E-state index contributed by atoms with van der Waals surface area (Å²) in [6.07, 6.45) is 0.958. The van der Waals surface area contributed by atoms with Crippen molar-refractivity contribution in [2.24, 2.45) is 0 Å². The monoisotopic (exact) mass is 282 g/mol. The maximum Gasteiger partial charge on any atom is 0.257 e. The third-order valence-electron chi connectivity index (χ3n) is 3.10. The van der Waals surface area contributed by atoms with Gasteiger partial charge in [-0.1, -0.05) is 31.2 Å². The van der Waals surface area contributed by atoms with Crippen LogP contribution in [0.5, 0.6) is 0 Å². The fraction of sp³-hybridized carbons (Fsp3) is 0.176. The van der Waals surface area contributed by atoms with Crippen molar-refractivity contribution < 1.29 is 9.59 Å². The molecule has 0 aromatic heterocycles. The van der Waals surface area contributed by atoms with E-state index in [1.54, 1.807) is 24.3 Å². The lowest BCUT2D eigenvalue weighted by Gasteiger charge is -2.10. The maximum atomic E-state index is 12.3. The lowest BCUT2D eigenvalue weighted by atomic mass is 10.1. The number of para-hydroxylation sites is 1. The lowest BCUT2D eigenvalue weighted by Crippen LogP contribution is -2.16. The Morgan fingerprint density at radius 1 is 0.952 bits per heavy atom. The molecule has 4 heteroatoms. The Hall–Kier alpha value is -2.62. The highest BCUT2D eigenvalue weighted by atomic mass is 16.2. The molecule has 2 aromatic rings. The maximum absolute atomic E-state index is 12.3. The number of benzene rings is 2. The van der Waals surface area contributed by atoms with E-state index < -0.39 is 0 Å². The third-order valence-corrected chi connectivity index (χ3v) is 3.10. The summed E-state index contributed by atoms with van der Waals surface area (Å²) < 4.78 is 0. The standard InChI is InChI=1S/C17H18N2O2/c1-3-13-8-10-14(11-9-13)19-17(21)15-6-4-5-7-16(15)18-12(2)20/h4-11H,3H2,1-2H3,(H,18,20)(H,19,21). The van der Waals surface area contributed by atoms with Gasteiger partial charge in [-0.2, -0.15) is 0 Å². The highest BCUT2D eigenvalue weighted by Gasteiger charge is 2.11. The molecular weight excluding hydrogens is 264 g/mol. The number of aryl methyl sites for hydroxylation is 1. The van der Waals surface area contributed by atoms with Crippen LogP contribution in [-0.2, 0) is 11.2 Å². The summed E-state index contributed by atoms with van der Waals surface area (Å²) in [7, 11) is 0. The molecule has 0 bridgehead atoms. The normalized spacial score (nSPS) is 10.0. The summed E-state index contributed by atoms with van der Waals surface area (Å²) in [5.41, 5.74) is 2.89. The van der Waals surface area contributed by atoms with E-state index >= 15 is 0 Å². The molecule has 0 atom stereocenters. The van der Waals surface area contributed by atoms with Crippen LogP contribution in [0.4, 0.5) is 11.4 Å². The lowest BCUT2D eigenvalue weighted by molar-refractivity contribution is -0.114. The second-order valence-electron chi connectivity index (χ2n) is 4.73. The van der Waals surface area contributed by atoms with Crippen LogP contribution in [0.1, 0.15) is 29.8 Å². The van der Waals surface area contributed by atoms with Crippen LogP contribution in [-0.4, -0.2) is 11.8 Å². The topological polar surface area (TPSA) is 58.2 Å². The van der Waals surface area contributed by atoms with E-state index in [1.807, 2.05) is 24.3 Å². The first kappa shape index (κ1) is 14.8. The highest BCUT2D eigenvalue weighted by molar-refractivity contribution is 6.09. The quantitative estimate of drug-likeness (QED) is 0.902. The molecule has 21 heavy (non-hydrogen) atoms. The summed E-state index contributed by atoms with van der Waals surface area (Å²) in [6.45, 7) is 3.50. The van der Waals surface area contributed by atoms with Crippen molar-refractivity contribution in [3.8, 4) is 0 Å². The average Bonchev–Trinajstić information content (AvgIpc) is 2.48. The Labute approximate surface area is 124 Å². The first-order valence-electron chi connectivity index (χ1n) is 6.87. The molecule has 2 N–H and O–H groups in total. The molecule has 0 aliphatic carbocycles. The van der Waals surface area contributed by atoms with Crippen molar-refractivity contribution in [2.45, 2.75) is 20.3 Å². The molecule has 4 nitrogen and oxygen atoms in total. The zero-order valence-corrected chi connectivity index (χ0v) is 12.1. The van der Waals surface area contributed by atoms with Gasteiger partial charge in [0, 0.05) is 12.6 Å². The van der Waals surface area contributed by atoms with Gasteiger partial charge in [0.25, 0.3) is 5.91 Å². The first-order valence-corrected chi connectivity index (χ1v) is 6.87. The van der Waals surface area contributed by atoms with Gasteiger partial charge in [0.2, 0.25) is 5.91 Å². The van der Waals surface area contributed by atoms with Gasteiger partial charge in [-0.15, -0.1) is 0 Å². The molecule has 108 valence electrons. The molecule has 2 amide bonds. The van der Waals surface area contributed by atoms with Crippen LogP contribution in [0, 0.1) is 0 Å². The molecule has 0 saturated carbocycles. The minimum absolute atomic E-state index is 0.206. The van der Waals surface area contributed by atoms with Crippen LogP contribution in [0.2, 0.25) is 0 Å². The first-order chi connectivity index (χ1) is 10.1. The van der Waals surface area contributed by atoms with Gasteiger partial charge < -0.3 is 10.6 Å². The second kappa shape index (κ2) is 6.70. The Balaban J connectivity index is 2.17. The van der Waals surface area contributed by atoms with Gasteiger partial charge in [0.05, 0.1) is 11.3 Å². The summed E-state index contributed by atoms with van der Waals surface area (Å²) in [6, 6.07) is 14.6. The molecular formula is C17H18N2O2. The predicted molar refractivity (Wildman–Crippen MR) is 84.5 cm³/mol. The molecule has 0 unspecified atom stereocenters.